The van der Waals surface area contributed by atoms with Gasteiger partial charge in [0, 0.05) is 24.8 Å². The first-order valence-corrected chi connectivity index (χ1v) is 6.24. The number of oxime groups is 1. The highest BCUT2D eigenvalue weighted by molar-refractivity contribution is 6.30. The van der Waals surface area contributed by atoms with Gasteiger partial charge in [-0.15, -0.1) is 0 Å². The zero-order chi connectivity index (χ0) is 14.5. The number of nitrogens with zero attached hydrogens (tertiary/aromatic N) is 4. The molecular weight excluding hydrogens is 278 g/mol. The van der Waals surface area contributed by atoms with Gasteiger partial charge in [0.1, 0.15) is 5.69 Å². The van der Waals surface area contributed by atoms with Gasteiger partial charge in [0.05, 0.1) is 0 Å². The summed E-state index contributed by atoms with van der Waals surface area (Å²) in [4.78, 5) is 10.2. The molecule has 3 N–H and O–H groups in total. The Bertz CT molecular complexity index is 632. The van der Waals surface area contributed by atoms with E-state index in [-0.39, 0.29) is 5.84 Å². The largest absolute Gasteiger partial charge is 0.409 e. The Morgan fingerprint density at radius 1 is 1.45 bits per heavy atom. The van der Waals surface area contributed by atoms with Gasteiger partial charge in [-0.2, -0.15) is 0 Å². The molecule has 0 saturated heterocycles. The van der Waals surface area contributed by atoms with Crippen LogP contribution in [0.1, 0.15) is 11.3 Å². The fourth-order valence-electron chi connectivity index (χ4n) is 1.71. The highest BCUT2D eigenvalue weighted by Gasteiger charge is 2.08. The van der Waals surface area contributed by atoms with Crippen LogP contribution in [0.15, 0.2) is 41.7 Å². The molecule has 2 rings (SSSR count). The van der Waals surface area contributed by atoms with Gasteiger partial charge in [0.2, 0.25) is 5.95 Å². The van der Waals surface area contributed by atoms with Gasteiger partial charge < -0.3 is 15.8 Å². The molecule has 2 aromatic rings. The molecule has 0 aliphatic heterocycles. The lowest BCUT2D eigenvalue weighted by atomic mass is 10.2. The molecule has 1 heterocycles. The van der Waals surface area contributed by atoms with Crippen molar-refractivity contribution in [3.05, 3.63) is 52.8 Å². The van der Waals surface area contributed by atoms with Crippen molar-refractivity contribution < 1.29 is 5.21 Å². The molecule has 0 fully saturated rings. The van der Waals surface area contributed by atoms with E-state index in [1.54, 1.807) is 12.3 Å². The molecular formula is C13H14ClN5O. The van der Waals surface area contributed by atoms with Crippen LogP contribution in [0.5, 0.6) is 0 Å². The second kappa shape index (κ2) is 6.21. The lowest BCUT2D eigenvalue weighted by molar-refractivity contribution is 0.318. The third-order valence-corrected chi connectivity index (χ3v) is 2.90. The predicted molar refractivity (Wildman–Crippen MR) is 78.1 cm³/mol. The van der Waals surface area contributed by atoms with E-state index < -0.39 is 0 Å². The predicted octanol–water partition coefficient (Wildman–Crippen LogP) is 1.86. The number of nitrogens with two attached hydrogens (primary N) is 1. The maximum atomic E-state index is 8.66. The summed E-state index contributed by atoms with van der Waals surface area (Å²) in [5.74, 6) is 0.430. The van der Waals surface area contributed by atoms with Gasteiger partial charge in [0.15, 0.2) is 5.84 Å². The zero-order valence-electron chi connectivity index (χ0n) is 10.9. The highest BCUT2D eigenvalue weighted by Crippen LogP contribution is 2.14. The molecule has 7 heteroatoms. The Morgan fingerprint density at radius 3 is 2.95 bits per heavy atom. The molecule has 1 aromatic heterocycles. The average Bonchev–Trinajstić information content (AvgIpc) is 2.46. The van der Waals surface area contributed by atoms with Crippen LogP contribution in [0.3, 0.4) is 0 Å². The normalized spacial score (nSPS) is 11.4. The van der Waals surface area contributed by atoms with E-state index in [9.17, 15) is 0 Å². The Labute approximate surface area is 121 Å². The van der Waals surface area contributed by atoms with E-state index in [1.807, 2.05) is 36.2 Å². The third kappa shape index (κ3) is 3.36. The first-order valence-electron chi connectivity index (χ1n) is 5.86. The number of aromatic nitrogens is 2. The number of rotatable bonds is 4. The molecule has 0 radical (unpaired) electrons. The van der Waals surface area contributed by atoms with Gasteiger partial charge in [-0.3, -0.25) is 0 Å². The molecule has 1 aromatic carbocycles. The molecule has 104 valence electrons. The lowest BCUT2D eigenvalue weighted by Gasteiger charge is -2.17. The van der Waals surface area contributed by atoms with E-state index in [4.69, 9.17) is 22.5 Å². The fourth-order valence-corrected chi connectivity index (χ4v) is 1.92. The standard InChI is InChI=1S/C13H14ClN5O/c1-19(8-9-3-2-4-10(14)7-9)13-16-6-5-11(17-13)12(15)18-20/h2-7,20H,8H2,1H3,(H2,15,18). The van der Waals surface area contributed by atoms with Crippen LogP contribution < -0.4 is 10.6 Å². The first-order chi connectivity index (χ1) is 9.60. The Kier molecular flexibility index (Phi) is 4.37. The van der Waals surface area contributed by atoms with E-state index in [2.05, 4.69) is 15.1 Å². The van der Waals surface area contributed by atoms with E-state index in [0.29, 0.717) is 23.2 Å². The minimum atomic E-state index is -0.0511. The second-order valence-corrected chi connectivity index (χ2v) is 4.65. The van der Waals surface area contributed by atoms with Crippen molar-refractivity contribution in [3.8, 4) is 0 Å². The van der Waals surface area contributed by atoms with Crippen LogP contribution in [0.2, 0.25) is 5.02 Å². The third-order valence-electron chi connectivity index (χ3n) is 2.66. The van der Waals surface area contributed by atoms with Crippen LogP contribution in [0.25, 0.3) is 0 Å². The summed E-state index contributed by atoms with van der Waals surface area (Å²) in [5.41, 5.74) is 6.92. The maximum Gasteiger partial charge on any atom is 0.226 e. The monoisotopic (exact) mass is 291 g/mol. The van der Waals surface area contributed by atoms with Gasteiger partial charge in [-0.1, -0.05) is 28.9 Å². The molecule has 0 saturated carbocycles. The summed E-state index contributed by atoms with van der Waals surface area (Å²) in [6, 6.07) is 9.13. The average molecular weight is 292 g/mol. The Hall–Kier alpha value is -2.34. The maximum absolute atomic E-state index is 8.66. The number of amidine groups is 1. The molecule has 0 amide bonds. The number of hydrogen-bond donors (Lipinski definition) is 2. The van der Waals surface area contributed by atoms with Gasteiger partial charge >= 0.3 is 0 Å². The van der Waals surface area contributed by atoms with Gasteiger partial charge in [-0.25, -0.2) is 9.97 Å². The second-order valence-electron chi connectivity index (χ2n) is 4.21. The Balaban J connectivity index is 2.19. The first kappa shape index (κ1) is 14.1. The summed E-state index contributed by atoms with van der Waals surface area (Å²) in [5, 5.41) is 12.3. The molecule has 0 atom stereocenters. The van der Waals surface area contributed by atoms with Crippen LogP contribution in [-0.2, 0) is 6.54 Å². The SMILES string of the molecule is CN(Cc1cccc(Cl)c1)c1nccc(/C(N)=N/O)n1. The van der Waals surface area contributed by atoms with Crippen LogP contribution in [-0.4, -0.2) is 28.1 Å². The summed E-state index contributed by atoms with van der Waals surface area (Å²) in [7, 11) is 1.85. The minimum absolute atomic E-state index is 0.0511. The molecule has 6 nitrogen and oxygen atoms in total. The molecule has 20 heavy (non-hydrogen) atoms. The quantitative estimate of drug-likeness (QED) is 0.388. The summed E-state index contributed by atoms with van der Waals surface area (Å²) in [6.07, 6.45) is 1.56. The van der Waals surface area contributed by atoms with Crippen LogP contribution in [0, 0.1) is 0 Å². The smallest absolute Gasteiger partial charge is 0.226 e. The van der Waals surface area contributed by atoms with Crippen LogP contribution >= 0.6 is 11.6 Å². The number of anilines is 1. The van der Waals surface area contributed by atoms with Crippen molar-refractivity contribution in [2.24, 2.45) is 10.9 Å². The zero-order valence-corrected chi connectivity index (χ0v) is 11.6. The number of hydrogen-bond acceptors (Lipinski definition) is 5. The van der Waals surface area contributed by atoms with Gasteiger partial charge in [-0.05, 0) is 23.8 Å². The Morgan fingerprint density at radius 2 is 2.25 bits per heavy atom. The summed E-state index contributed by atoms with van der Waals surface area (Å²) < 4.78 is 0. The van der Waals surface area contributed by atoms with Crippen molar-refractivity contribution >= 4 is 23.4 Å². The summed E-state index contributed by atoms with van der Waals surface area (Å²) >= 11 is 5.95. The van der Waals surface area contributed by atoms with E-state index >= 15 is 0 Å². The van der Waals surface area contributed by atoms with Crippen molar-refractivity contribution in [2.75, 3.05) is 11.9 Å². The van der Waals surface area contributed by atoms with Crippen molar-refractivity contribution in [3.63, 3.8) is 0 Å². The summed E-state index contributed by atoms with van der Waals surface area (Å²) in [6.45, 7) is 0.597. The highest BCUT2D eigenvalue weighted by atomic mass is 35.5. The lowest BCUT2D eigenvalue weighted by Crippen LogP contribution is -2.22. The van der Waals surface area contributed by atoms with Gasteiger partial charge in [0.25, 0.3) is 0 Å². The van der Waals surface area contributed by atoms with Crippen molar-refractivity contribution in [1.29, 1.82) is 0 Å². The molecule has 0 aliphatic rings. The van der Waals surface area contributed by atoms with E-state index in [0.717, 1.165) is 5.56 Å². The van der Waals surface area contributed by atoms with Crippen molar-refractivity contribution in [2.45, 2.75) is 6.54 Å². The number of halogens is 1. The minimum Gasteiger partial charge on any atom is -0.409 e. The molecule has 0 spiro atoms. The van der Waals surface area contributed by atoms with E-state index in [1.165, 1.54) is 0 Å². The molecule has 0 aliphatic carbocycles. The molecule has 0 bridgehead atoms. The van der Waals surface area contributed by atoms with Crippen LogP contribution in [0.4, 0.5) is 5.95 Å². The topological polar surface area (TPSA) is 87.6 Å². The number of benzene rings is 1. The molecule has 0 unspecified atom stereocenters. The fraction of sp³-hybridized carbons (Fsp3) is 0.154. The van der Waals surface area contributed by atoms with Crippen molar-refractivity contribution in [1.82, 2.24) is 9.97 Å².